The minimum absolute atomic E-state index is 0.0770. The summed E-state index contributed by atoms with van der Waals surface area (Å²) >= 11 is 0. The molecule has 0 saturated carbocycles. The van der Waals surface area contributed by atoms with Gasteiger partial charge in [0.15, 0.2) is 0 Å². The monoisotopic (exact) mass is 560 g/mol. The van der Waals surface area contributed by atoms with Crippen molar-refractivity contribution in [2.24, 2.45) is 0 Å². The van der Waals surface area contributed by atoms with Crippen LogP contribution in [0.5, 0.6) is 11.5 Å². The average molecular weight is 561 g/mol. The van der Waals surface area contributed by atoms with Gasteiger partial charge in [0.05, 0.1) is 9.79 Å². The molecular formula is C27H32N2O7S2. The van der Waals surface area contributed by atoms with Crippen LogP contribution in [0.1, 0.15) is 61.4 Å². The first-order valence-electron chi connectivity index (χ1n) is 12.4. The van der Waals surface area contributed by atoms with Crippen molar-refractivity contribution in [3.05, 3.63) is 76.9 Å². The van der Waals surface area contributed by atoms with Gasteiger partial charge in [-0.1, -0.05) is 31.2 Å². The van der Waals surface area contributed by atoms with Crippen LogP contribution in [-0.2, 0) is 20.2 Å². The zero-order chi connectivity index (χ0) is 27.8. The Labute approximate surface area is 224 Å². The summed E-state index contributed by atoms with van der Waals surface area (Å²) in [6.07, 6.45) is 0.839. The second-order valence-electron chi connectivity index (χ2n) is 9.13. The summed E-state index contributed by atoms with van der Waals surface area (Å²) < 4.78 is 74.5. The molecule has 0 aliphatic carbocycles. The van der Waals surface area contributed by atoms with Crippen LogP contribution in [-0.4, -0.2) is 46.1 Å². The number of hydrogen-bond acceptors (Lipinski definition) is 7. The van der Waals surface area contributed by atoms with E-state index in [0.29, 0.717) is 22.6 Å². The van der Waals surface area contributed by atoms with Crippen LogP contribution in [0.15, 0.2) is 64.4 Å². The maximum absolute atomic E-state index is 12.5. The van der Waals surface area contributed by atoms with Crippen LogP contribution < -0.4 is 15.0 Å². The highest BCUT2D eigenvalue weighted by Gasteiger charge is 2.34. The Bertz CT molecular complexity index is 1500. The summed E-state index contributed by atoms with van der Waals surface area (Å²) in [7, 11) is -7.70. The van der Waals surface area contributed by atoms with E-state index in [9.17, 15) is 25.9 Å². The van der Waals surface area contributed by atoms with Crippen molar-refractivity contribution in [2.75, 3.05) is 25.0 Å². The summed E-state index contributed by atoms with van der Waals surface area (Å²) in [5.74, 6) is 0.364. The van der Waals surface area contributed by atoms with E-state index in [-0.39, 0.29) is 11.6 Å². The number of hydrogen-bond donors (Lipinski definition) is 3. The fourth-order valence-corrected chi connectivity index (χ4v) is 6.44. The molecule has 38 heavy (non-hydrogen) atoms. The third-order valence-electron chi connectivity index (χ3n) is 7.04. The topological polar surface area (TPSA) is 133 Å². The largest absolute Gasteiger partial charge is 0.457 e. The highest BCUT2D eigenvalue weighted by Crippen LogP contribution is 2.50. The number of anilines is 1. The van der Waals surface area contributed by atoms with Gasteiger partial charge in [-0.2, -0.15) is 16.8 Å². The quantitative estimate of drug-likeness (QED) is 0.242. The molecule has 3 aromatic carbocycles. The molecular weight excluding hydrogens is 528 g/mol. The molecule has 3 N–H and O–H groups in total. The molecule has 0 spiro atoms. The van der Waals surface area contributed by atoms with Gasteiger partial charge in [-0.15, -0.1) is 0 Å². The highest BCUT2D eigenvalue weighted by atomic mass is 32.2. The van der Waals surface area contributed by atoms with E-state index in [1.54, 1.807) is 0 Å². The Balaban J connectivity index is 2.01. The van der Waals surface area contributed by atoms with E-state index in [1.165, 1.54) is 6.07 Å². The highest BCUT2D eigenvalue weighted by molar-refractivity contribution is 7.86. The second-order valence-corrected chi connectivity index (χ2v) is 11.9. The molecule has 0 saturated heterocycles. The van der Waals surface area contributed by atoms with Crippen molar-refractivity contribution in [1.82, 2.24) is 5.32 Å². The number of benzene rings is 3. The maximum Gasteiger partial charge on any atom is 0.294 e. The fraction of sp³-hybridized carbons (Fsp3) is 0.333. The zero-order valence-corrected chi connectivity index (χ0v) is 23.3. The van der Waals surface area contributed by atoms with Gasteiger partial charge in [0.25, 0.3) is 20.2 Å². The first-order valence-corrected chi connectivity index (χ1v) is 15.3. The number of rotatable bonds is 9. The number of nitrogens with one attached hydrogen (secondary N) is 1. The molecule has 0 aromatic heterocycles. The van der Waals surface area contributed by atoms with Gasteiger partial charge in [0.1, 0.15) is 11.5 Å². The lowest BCUT2D eigenvalue weighted by Gasteiger charge is -2.32. The molecule has 0 amide bonds. The fourth-order valence-electron chi connectivity index (χ4n) is 5.09. The molecule has 0 bridgehead atoms. The standard InChI is InChI=1S/C27H32N2O7S2/c1-5-23(28-4)17-8-11-20-24(14-17)36-25-15-18(29(6-2)7-3)9-12-21(25)27(20)22-13-10-19(37(30,31)32)16-26(22)38(33,34)35/h8-16,23,27-28H,5-7H2,1-4H3,(H,30,31,32)(H,33,34,35). The Morgan fingerprint density at radius 3 is 2.00 bits per heavy atom. The lowest BCUT2D eigenvalue weighted by Crippen LogP contribution is -2.22. The third-order valence-corrected chi connectivity index (χ3v) is 8.80. The second kappa shape index (κ2) is 10.7. The first kappa shape index (κ1) is 28.1. The molecule has 2 unspecified atom stereocenters. The number of fused-ring (bicyclic) bond motifs is 2. The first-order chi connectivity index (χ1) is 17.9. The van der Waals surface area contributed by atoms with Gasteiger partial charge in [-0.05, 0) is 62.7 Å². The van der Waals surface area contributed by atoms with Crippen molar-refractivity contribution < 1.29 is 30.7 Å². The van der Waals surface area contributed by atoms with E-state index in [0.717, 1.165) is 42.9 Å². The van der Waals surface area contributed by atoms with Crippen molar-refractivity contribution in [3.8, 4) is 11.5 Å². The minimum atomic E-state index is -4.86. The molecule has 1 heterocycles. The predicted octanol–water partition coefficient (Wildman–Crippen LogP) is 4.98. The van der Waals surface area contributed by atoms with Crippen molar-refractivity contribution in [3.63, 3.8) is 0 Å². The van der Waals surface area contributed by atoms with Crippen LogP contribution >= 0.6 is 0 Å². The van der Waals surface area contributed by atoms with Gasteiger partial charge >= 0.3 is 0 Å². The van der Waals surface area contributed by atoms with Gasteiger partial charge in [0.2, 0.25) is 0 Å². The van der Waals surface area contributed by atoms with E-state index < -0.39 is 35.9 Å². The van der Waals surface area contributed by atoms with Gasteiger partial charge in [-0.3, -0.25) is 9.11 Å². The summed E-state index contributed by atoms with van der Waals surface area (Å²) in [5.41, 5.74) is 3.41. The van der Waals surface area contributed by atoms with Gasteiger partial charge < -0.3 is 15.0 Å². The Morgan fingerprint density at radius 1 is 0.842 bits per heavy atom. The summed E-state index contributed by atoms with van der Waals surface area (Å²) in [4.78, 5) is 0.923. The van der Waals surface area contributed by atoms with Crippen LogP contribution in [0.3, 0.4) is 0 Å². The van der Waals surface area contributed by atoms with E-state index in [2.05, 4.69) is 17.1 Å². The molecule has 2 atom stereocenters. The Kier molecular flexibility index (Phi) is 7.87. The van der Waals surface area contributed by atoms with Crippen LogP contribution in [0.2, 0.25) is 0 Å². The summed E-state index contributed by atoms with van der Waals surface area (Å²) in [5, 5.41) is 3.27. The van der Waals surface area contributed by atoms with Crippen LogP contribution in [0.25, 0.3) is 0 Å². The van der Waals surface area contributed by atoms with Crippen LogP contribution in [0.4, 0.5) is 5.69 Å². The normalized spacial score (nSPS) is 15.8. The summed E-state index contributed by atoms with van der Waals surface area (Å²) in [6.45, 7) is 7.72. The average Bonchev–Trinajstić information content (AvgIpc) is 2.87. The molecule has 0 fully saturated rings. The zero-order valence-electron chi connectivity index (χ0n) is 21.7. The van der Waals surface area contributed by atoms with E-state index in [4.69, 9.17) is 4.74 Å². The van der Waals surface area contributed by atoms with Gasteiger partial charge in [0, 0.05) is 47.9 Å². The van der Waals surface area contributed by atoms with Gasteiger partial charge in [-0.25, -0.2) is 0 Å². The molecule has 1 aliphatic heterocycles. The third kappa shape index (κ3) is 5.29. The molecule has 0 radical (unpaired) electrons. The Hall–Kier alpha value is -2.96. The van der Waals surface area contributed by atoms with Crippen molar-refractivity contribution in [1.29, 1.82) is 0 Å². The molecule has 1 aliphatic rings. The Morgan fingerprint density at radius 2 is 1.45 bits per heavy atom. The number of ether oxygens (including phenoxy) is 1. The predicted molar refractivity (Wildman–Crippen MR) is 146 cm³/mol. The van der Waals surface area contributed by atoms with E-state index in [1.807, 2.05) is 57.3 Å². The summed E-state index contributed by atoms with van der Waals surface area (Å²) in [6, 6.07) is 14.7. The molecule has 4 rings (SSSR count). The van der Waals surface area contributed by atoms with Crippen molar-refractivity contribution in [2.45, 2.75) is 48.9 Å². The molecule has 3 aromatic rings. The van der Waals surface area contributed by atoms with Crippen molar-refractivity contribution >= 4 is 25.9 Å². The minimum Gasteiger partial charge on any atom is -0.457 e. The lowest BCUT2D eigenvalue weighted by atomic mass is 9.81. The SMILES string of the molecule is CCC(NC)c1ccc2c(c1)Oc1cc(N(CC)CC)ccc1C2c1ccc(S(=O)(=O)O)cc1S(=O)(=O)O. The maximum atomic E-state index is 12.5. The van der Waals surface area contributed by atoms with E-state index >= 15 is 0 Å². The lowest BCUT2D eigenvalue weighted by molar-refractivity contribution is 0.448. The smallest absolute Gasteiger partial charge is 0.294 e. The molecule has 9 nitrogen and oxygen atoms in total. The molecule has 11 heteroatoms. The van der Waals surface area contributed by atoms with Crippen LogP contribution in [0, 0.1) is 0 Å². The number of nitrogens with zero attached hydrogens (tertiary/aromatic N) is 1. The molecule has 204 valence electrons.